The highest BCUT2D eigenvalue weighted by Crippen LogP contribution is 2.28. The van der Waals surface area contributed by atoms with E-state index in [0.29, 0.717) is 17.4 Å². The summed E-state index contributed by atoms with van der Waals surface area (Å²) in [7, 11) is 0. The van der Waals surface area contributed by atoms with Gasteiger partial charge in [0.1, 0.15) is 0 Å². The van der Waals surface area contributed by atoms with Gasteiger partial charge in [0, 0.05) is 29.7 Å². The van der Waals surface area contributed by atoms with Crippen LogP contribution in [-0.4, -0.2) is 28.5 Å². The highest BCUT2D eigenvalue weighted by atomic mass is 16.4. The normalized spacial score (nSPS) is 19.0. The summed E-state index contributed by atoms with van der Waals surface area (Å²) < 4.78 is 0. The van der Waals surface area contributed by atoms with E-state index >= 15 is 0 Å². The molecule has 1 fully saturated rings. The first-order valence-electron chi connectivity index (χ1n) is 7.01. The van der Waals surface area contributed by atoms with Crippen molar-refractivity contribution in [2.75, 3.05) is 11.4 Å². The Morgan fingerprint density at radius 2 is 2.19 bits per heavy atom. The van der Waals surface area contributed by atoms with Gasteiger partial charge in [-0.1, -0.05) is 6.92 Å². The van der Waals surface area contributed by atoms with Gasteiger partial charge in [0.25, 0.3) is 0 Å². The van der Waals surface area contributed by atoms with Crippen molar-refractivity contribution in [1.29, 1.82) is 0 Å². The molecule has 1 atom stereocenters. The van der Waals surface area contributed by atoms with Crippen molar-refractivity contribution in [1.82, 2.24) is 4.98 Å². The Hall–Kier alpha value is -2.43. The summed E-state index contributed by atoms with van der Waals surface area (Å²) >= 11 is 0. The number of nitrogens with zero attached hydrogens (tertiary/aromatic N) is 2. The van der Waals surface area contributed by atoms with Crippen LogP contribution in [0.5, 0.6) is 0 Å². The zero-order valence-corrected chi connectivity index (χ0v) is 11.7. The van der Waals surface area contributed by atoms with Gasteiger partial charge < -0.3 is 10.0 Å². The number of amides is 1. The molecule has 1 aliphatic heterocycles. The number of carboxylic acid groups (broad SMARTS) is 1. The van der Waals surface area contributed by atoms with Crippen molar-refractivity contribution in [3.8, 4) is 0 Å². The first-order chi connectivity index (χ1) is 10.1. The average Bonchev–Trinajstić information content (AvgIpc) is 2.48. The summed E-state index contributed by atoms with van der Waals surface area (Å²) in [4.78, 5) is 29.5. The van der Waals surface area contributed by atoms with Gasteiger partial charge in [-0.2, -0.15) is 0 Å². The maximum Gasteiger partial charge on any atom is 0.336 e. The topological polar surface area (TPSA) is 70.5 Å². The fourth-order valence-corrected chi connectivity index (χ4v) is 2.80. The molecule has 1 amide bonds. The monoisotopic (exact) mass is 284 g/mol. The van der Waals surface area contributed by atoms with Gasteiger partial charge in [0.05, 0.1) is 11.1 Å². The van der Waals surface area contributed by atoms with Crippen LogP contribution in [0.1, 0.15) is 30.1 Å². The van der Waals surface area contributed by atoms with E-state index in [-0.39, 0.29) is 17.4 Å². The number of anilines is 1. The molecule has 5 nitrogen and oxygen atoms in total. The van der Waals surface area contributed by atoms with E-state index < -0.39 is 5.97 Å². The molecule has 0 spiro atoms. The van der Waals surface area contributed by atoms with E-state index in [0.717, 1.165) is 18.5 Å². The molecule has 0 saturated carbocycles. The SMILES string of the molecule is C[C@H]1CCCN(c2ccc3nccc(C(=O)O)c3c2)C1=O. The minimum absolute atomic E-state index is 0.0160. The second-order valence-corrected chi connectivity index (χ2v) is 5.40. The Kier molecular flexibility index (Phi) is 3.33. The molecule has 1 aromatic heterocycles. The fraction of sp³-hybridized carbons (Fsp3) is 0.312. The Morgan fingerprint density at radius 1 is 1.38 bits per heavy atom. The number of aromatic nitrogens is 1. The minimum atomic E-state index is -0.988. The van der Waals surface area contributed by atoms with Crippen molar-refractivity contribution in [2.24, 2.45) is 5.92 Å². The third kappa shape index (κ3) is 2.35. The maximum atomic E-state index is 12.3. The quantitative estimate of drug-likeness (QED) is 0.920. The second-order valence-electron chi connectivity index (χ2n) is 5.40. The van der Waals surface area contributed by atoms with Gasteiger partial charge >= 0.3 is 5.97 Å². The molecule has 1 aliphatic rings. The molecule has 2 heterocycles. The molecule has 0 aliphatic carbocycles. The van der Waals surface area contributed by atoms with Crippen molar-refractivity contribution < 1.29 is 14.7 Å². The molecule has 108 valence electrons. The molecule has 1 N–H and O–H groups in total. The molecule has 5 heteroatoms. The lowest BCUT2D eigenvalue weighted by Gasteiger charge is -2.30. The van der Waals surface area contributed by atoms with Crippen molar-refractivity contribution >= 4 is 28.5 Å². The second kappa shape index (κ2) is 5.16. The van der Waals surface area contributed by atoms with Crippen LogP contribution in [0.15, 0.2) is 30.5 Å². The van der Waals surface area contributed by atoms with Gasteiger partial charge in [0.15, 0.2) is 0 Å². The van der Waals surface area contributed by atoms with Crippen LogP contribution in [-0.2, 0) is 4.79 Å². The number of fused-ring (bicyclic) bond motifs is 1. The van der Waals surface area contributed by atoms with Crippen LogP contribution in [0.2, 0.25) is 0 Å². The largest absolute Gasteiger partial charge is 0.478 e. The third-order valence-electron chi connectivity index (χ3n) is 3.97. The number of pyridine rings is 1. The summed E-state index contributed by atoms with van der Waals surface area (Å²) in [5.74, 6) is -0.874. The molecule has 0 bridgehead atoms. The van der Waals surface area contributed by atoms with Crippen LogP contribution in [0.3, 0.4) is 0 Å². The molecule has 0 radical (unpaired) electrons. The molecule has 2 aromatic rings. The molecule has 0 unspecified atom stereocenters. The van der Waals surface area contributed by atoms with Gasteiger partial charge in [-0.05, 0) is 37.1 Å². The predicted molar refractivity (Wildman–Crippen MR) is 79.5 cm³/mol. The first-order valence-corrected chi connectivity index (χ1v) is 7.01. The average molecular weight is 284 g/mol. The van der Waals surface area contributed by atoms with E-state index in [2.05, 4.69) is 4.98 Å². The summed E-state index contributed by atoms with van der Waals surface area (Å²) in [6, 6.07) is 6.83. The number of benzene rings is 1. The van der Waals surface area contributed by atoms with Gasteiger partial charge in [0.2, 0.25) is 5.91 Å². The maximum absolute atomic E-state index is 12.3. The van der Waals surface area contributed by atoms with Crippen LogP contribution >= 0.6 is 0 Å². The zero-order chi connectivity index (χ0) is 15.0. The molecular weight excluding hydrogens is 268 g/mol. The Morgan fingerprint density at radius 3 is 2.95 bits per heavy atom. The van der Waals surface area contributed by atoms with E-state index in [4.69, 9.17) is 0 Å². The lowest BCUT2D eigenvalue weighted by atomic mass is 9.98. The number of rotatable bonds is 2. The number of piperidine rings is 1. The summed E-state index contributed by atoms with van der Waals surface area (Å²) in [6.45, 7) is 2.61. The lowest BCUT2D eigenvalue weighted by Crippen LogP contribution is -2.40. The lowest BCUT2D eigenvalue weighted by molar-refractivity contribution is -0.123. The van der Waals surface area contributed by atoms with E-state index in [9.17, 15) is 14.7 Å². The molecule has 21 heavy (non-hydrogen) atoms. The fourth-order valence-electron chi connectivity index (χ4n) is 2.80. The van der Waals surface area contributed by atoms with Gasteiger partial charge in [-0.3, -0.25) is 9.78 Å². The van der Waals surface area contributed by atoms with Crippen LogP contribution in [0, 0.1) is 5.92 Å². The smallest absolute Gasteiger partial charge is 0.336 e. The standard InChI is InChI=1S/C16H16N2O3/c1-10-3-2-8-18(15(10)19)11-4-5-14-13(9-11)12(16(20)21)6-7-17-14/h4-7,9-10H,2-3,8H2,1H3,(H,20,21)/t10-/m0/s1. The van der Waals surface area contributed by atoms with Crippen LogP contribution in [0.4, 0.5) is 5.69 Å². The number of hydrogen-bond donors (Lipinski definition) is 1. The molecular formula is C16H16N2O3. The highest BCUT2D eigenvalue weighted by molar-refractivity contribution is 6.04. The van der Waals surface area contributed by atoms with Crippen LogP contribution in [0.25, 0.3) is 10.9 Å². The predicted octanol–water partition coefficient (Wildman–Crippen LogP) is 2.70. The van der Waals surface area contributed by atoms with Crippen molar-refractivity contribution in [3.05, 3.63) is 36.0 Å². The highest BCUT2D eigenvalue weighted by Gasteiger charge is 2.26. The Bertz CT molecular complexity index is 727. The molecule has 3 rings (SSSR count). The number of carbonyl (C=O) groups is 2. The van der Waals surface area contributed by atoms with E-state index in [1.165, 1.54) is 12.3 Å². The molecule has 1 aromatic carbocycles. The summed E-state index contributed by atoms with van der Waals surface area (Å²) in [5, 5.41) is 9.83. The number of carbonyl (C=O) groups excluding carboxylic acids is 1. The van der Waals surface area contributed by atoms with Gasteiger partial charge in [-0.25, -0.2) is 4.79 Å². The summed E-state index contributed by atoms with van der Waals surface area (Å²) in [6.07, 6.45) is 3.36. The number of carboxylic acids is 1. The minimum Gasteiger partial charge on any atom is -0.478 e. The zero-order valence-electron chi connectivity index (χ0n) is 11.7. The number of aromatic carboxylic acids is 1. The van der Waals surface area contributed by atoms with E-state index in [1.54, 1.807) is 17.0 Å². The van der Waals surface area contributed by atoms with Crippen molar-refractivity contribution in [3.63, 3.8) is 0 Å². The summed E-state index contributed by atoms with van der Waals surface area (Å²) in [5.41, 5.74) is 1.57. The molecule has 1 saturated heterocycles. The Labute approximate surface area is 122 Å². The third-order valence-corrected chi connectivity index (χ3v) is 3.97. The Balaban J connectivity index is 2.10. The van der Waals surface area contributed by atoms with Crippen LogP contribution < -0.4 is 4.90 Å². The van der Waals surface area contributed by atoms with Gasteiger partial charge in [-0.15, -0.1) is 0 Å². The number of hydrogen-bond acceptors (Lipinski definition) is 3. The first kappa shape index (κ1) is 13.5. The van der Waals surface area contributed by atoms with Crippen molar-refractivity contribution in [2.45, 2.75) is 19.8 Å². The van der Waals surface area contributed by atoms with E-state index in [1.807, 2.05) is 13.0 Å².